The van der Waals surface area contributed by atoms with Crippen molar-refractivity contribution < 1.29 is 4.79 Å². The zero-order valence-electron chi connectivity index (χ0n) is 9.34. The summed E-state index contributed by atoms with van der Waals surface area (Å²) in [6.45, 7) is 4.70. The van der Waals surface area contributed by atoms with Crippen LogP contribution in [0, 0.1) is 6.92 Å². The average Bonchev–Trinajstić information content (AvgIpc) is 2.72. The molecule has 0 saturated heterocycles. The topological polar surface area (TPSA) is 47.8 Å². The Morgan fingerprint density at radius 3 is 2.88 bits per heavy atom. The number of hydrogen-bond donors (Lipinski definition) is 0. The normalized spacial score (nSPS) is 10.4. The molecule has 16 heavy (non-hydrogen) atoms. The second-order valence-electron chi connectivity index (χ2n) is 3.66. The quantitative estimate of drug-likeness (QED) is 0.736. The molecule has 0 N–H and O–H groups in total. The summed E-state index contributed by atoms with van der Waals surface area (Å²) in [6.07, 6.45) is 6.09. The molecular formula is C12H13N3O. The molecule has 2 aromatic heterocycles. The number of aryl methyl sites for hydroxylation is 2. The van der Waals surface area contributed by atoms with E-state index in [-0.39, 0.29) is 0 Å². The van der Waals surface area contributed by atoms with Crippen molar-refractivity contribution in [3.63, 3.8) is 0 Å². The molecule has 0 spiro atoms. The predicted octanol–water partition coefficient (Wildman–Crippen LogP) is 2.09. The van der Waals surface area contributed by atoms with Gasteiger partial charge in [-0.15, -0.1) is 0 Å². The van der Waals surface area contributed by atoms with Crippen molar-refractivity contribution in [1.82, 2.24) is 14.8 Å². The van der Waals surface area contributed by atoms with Gasteiger partial charge in [0.1, 0.15) is 5.69 Å². The Morgan fingerprint density at radius 1 is 1.44 bits per heavy atom. The molecule has 0 unspecified atom stereocenters. The van der Waals surface area contributed by atoms with E-state index in [2.05, 4.69) is 10.1 Å². The summed E-state index contributed by atoms with van der Waals surface area (Å²) in [5.74, 6) is 0. The van der Waals surface area contributed by atoms with E-state index in [0.717, 1.165) is 24.0 Å². The predicted molar refractivity (Wildman–Crippen MR) is 61.3 cm³/mol. The van der Waals surface area contributed by atoms with Crippen LogP contribution < -0.4 is 0 Å². The van der Waals surface area contributed by atoms with Crippen molar-refractivity contribution in [2.24, 2.45) is 0 Å². The zero-order valence-corrected chi connectivity index (χ0v) is 9.34. The standard InChI is InChI=1S/C12H13N3O/c1-3-15-7-11(8-16)12(14-15)10-4-9(2)5-13-6-10/h4-8H,3H2,1-2H3. The molecule has 0 aliphatic rings. The van der Waals surface area contributed by atoms with Crippen LogP contribution in [0.4, 0.5) is 0 Å². The number of nitrogens with zero attached hydrogens (tertiary/aromatic N) is 3. The van der Waals surface area contributed by atoms with Crippen molar-refractivity contribution in [2.45, 2.75) is 20.4 Å². The van der Waals surface area contributed by atoms with E-state index in [1.807, 2.05) is 19.9 Å². The van der Waals surface area contributed by atoms with Gasteiger partial charge in [-0.3, -0.25) is 14.5 Å². The van der Waals surface area contributed by atoms with Crippen LogP contribution in [0.25, 0.3) is 11.3 Å². The van der Waals surface area contributed by atoms with Crippen molar-refractivity contribution in [3.8, 4) is 11.3 Å². The molecule has 4 heteroatoms. The lowest BCUT2D eigenvalue weighted by Gasteiger charge is -1.98. The van der Waals surface area contributed by atoms with E-state index in [9.17, 15) is 4.79 Å². The van der Waals surface area contributed by atoms with E-state index in [1.165, 1.54) is 0 Å². The number of pyridine rings is 1. The SMILES string of the molecule is CCn1cc(C=O)c(-c2cncc(C)c2)n1. The molecule has 0 bridgehead atoms. The lowest BCUT2D eigenvalue weighted by atomic mass is 10.1. The summed E-state index contributed by atoms with van der Waals surface area (Å²) >= 11 is 0. The summed E-state index contributed by atoms with van der Waals surface area (Å²) < 4.78 is 1.75. The smallest absolute Gasteiger partial charge is 0.153 e. The molecule has 0 fully saturated rings. The fraction of sp³-hybridized carbons (Fsp3) is 0.250. The van der Waals surface area contributed by atoms with Gasteiger partial charge in [-0.05, 0) is 25.5 Å². The highest BCUT2D eigenvalue weighted by Crippen LogP contribution is 2.20. The van der Waals surface area contributed by atoms with Gasteiger partial charge in [0.25, 0.3) is 0 Å². The third-order valence-electron chi connectivity index (χ3n) is 2.39. The Kier molecular flexibility index (Phi) is 2.81. The highest BCUT2D eigenvalue weighted by Gasteiger charge is 2.10. The molecule has 0 atom stereocenters. The van der Waals surface area contributed by atoms with Crippen LogP contribution in [0.15, 0.2) is 24.7 Å². The summed E-state index contributed by atoms with van der Waals surface area (Å²) in [5, 5.41) is 4.36. The molecule has 2 heterocycles. The summed E-state index contributed by atoms with van der Waals surface area (Å²) in [4.78, 5) is 15.0. The Labute approximate surface area is 93.9 Å². The van der Waals surface area contributed by atoms with Gasteiger partial charge in [0.2, 0.25) is 0 Å². The van der Waals surface area contributed by atoms with E-state index in [4.69, 9.17) is 0 Å². The summed E-state index contributed by atoms with van der Waals surface area (Å²) in [5.41, 5.74) is 3.25. The maximum Gasteiger partial charge on any atom is 0.153 e. The minimum Gasteiger partial charge on any atom is -0.298 e. The van der Waals surface area contributed by atoms with Crippen LogP contribution in [0.2, 0.25) is 0 Å². The Balaban J connectivity index is 2.54. The van der Waals surface area contributed by atoms with Crippen LogP contribution in [0.3, 0.4) is 0 Å². The van der Waals surface area contributed by atoms with Gasteiger partial charge in [0, 0.05) is 30.7 Å². The minimum absolute atomic E-state index is 0.606. The monoisotopic (exact) mass is 215 g/mol. The third kappa shape index (κ3) is 1.86. The first-order valence-corrected chi connectivity index (χ1v) is 5.19. The summed E-state index contributed by atoms with van der Waals surface area (Å²) in [7, 11) is 0. The average molecular weight is 215 g/mol. The van der Waals surface area contributed by atoms with Crippen LogP contribution >= 0.6 is 0 Å². The molecule has 0 aliphatic heterocycles. The summed E-state index contributed by atoms with van der Waals surface area (Å²) in [6, 6.07) is 1.97. The number of rotatable bonds is 3. The maximum absolute atomic E-state index is 10.9. The fourth-order valence-corrected chi connectivity index (χ4v) is 1.59. The van der Waals surface area contributed by atoms with Gasteiger partial charge in [-0.25, -0.2) is 0 Å². The van der Waals surface area contributed by atoms with Crippen molar-refractivity contribution in [1.29, 1.82) is 0 Å². The molecular weight excluding hydrogens is 202 g/mol. The van der Waals surface area contributed by atoms with Crippen molar-refractivity contribution >= 4 is 6.29 Å². The Bertz CT molecular complexity index is 517. The molecule has 4 nitrogen and oxygen atoms in total. The van der Waals surface area contributed by atoms with E-state index in [1.54, 1.807) is 23.3 Å². The van der Waals surface area contributed by atoms with Gasteiger partial charge in [0.05, 0.1) is 5.56 Å². The molecule has 0 radical (unpaired) electrons. The Hall–Kier alpha value is -1.97. The van der Waals surface area contributed by atoms with Gasteiger partial charge < -0.3 is 0 Å². The first-order chi connectivity index (χ1) is 7.74. The highest BCUT2D eigenvalue weighted by atomic mass is 16.1. The maximum atomic E-state index is 10.9. The largest absolute Gasteiger partial charge is 0.298 e. The lowest BCUT2D eigenvalue weighted by molar-refractivity contribution is 0.112. The number of carbonyl (C=O) groups is 1. The van der Waals surface area contributed by atoms with Gasteiger partial charge >= 0.3 is 0 Å². The minimum atomic E-state index is 0.606. The number of aromatic nitrogens is 3. The first-order valence-electron chi connectivity index (χ1n) is 5.19. The lowest BCUT2D eigenvalue weighted by Crippen LogP contribution is -1.94. The highest BCUT2D eigenvalue weighted by molar-refractivity contribution is 5.85. The fourth-order valence-electron chi connectivity index (χ4n) is 1.59. The number of aldehydes is 1. The molecule has 82 valence electrons. The van der Waals surface area contributed by atoms with Gasteiger partial charge in [0.15, 0.2) is 6.29 Å². The van der Waals surface area contributed by atoms with E-state index >= 15 is 0 Å². The van der Waals surface area contributed by atoms with Crippen molar-refractivity contribution in [2.75, 3.05) is 0 Å². The van der Waals surface area contributed by atoms with Crippen LogP contribution in [-0.4, -0.2) is 21.1 Å². The molecule has 2 rings (SSSR count). The molecule has 0 aliphatic carbocycles. The first kappa shape index (κ1) is 10.5. The Morgan fingerprint density at radius 2 is 2.25 bits per heavy atom. The second kappa shape index (κ2) is 4.26. The van der Waals surface area contributed by atoms with E-state index < -0.39 is 0 Å². The number of carbonyl (C=O) groups excluding carboxylic acids is 1. The molecule has 0 saturated carbocycles. The van der Waals surface area contributed by atoms with Gasteiger partial charge in [-0.1, -0.05) is 0 Å². The van der Waals surface area contributed by atoms with Crippen LogP contribution in [0.5, 0.6) is 0 Å². The van der Waals surface area contributed by atoms with E-state index in [0.29, 0.717) is 11.3 Å². The van der Waals surface area contributed by atoms with Gasteiger partial charge in [-0.2, -0.15) is 5.10 Å². The zero-order chi connectivity index (χ0) is 11.5. The molecule has 2 aromatic rings. The number of hydrogen-bond acceptors (Lipinski definition) is 3. The third-order valence-corrected chi connectivity index (χ3v) is 2.39. The molecule has 0 amide bonds. The van der Waals surface area contributed by atoms with Crippen LogP contribution in [-0.2, 0) is 6.54 Å². The molecule has 0 aromatic carbocycles. The second-order valence-corrected chi connectivity index (χ2v) is 3.66. The van der Waals surface area contributed by atoms with Crippen LogP contribution in [0.1, 0.15) is 22.8 Å². The van der Waals surface area contributed by atoms with Crippen molar-refractivity contribution in [3.05, 3.63) is 35.8 Å².